The lowest BCUT2D eigenvalue weighted by atomic mass is 9.92. The average molecular weight is 263 g/mol. The van der Waals surface area contributed by atoms with Crippen LogP contribution >= 0.6 is 0 Å². The highest BCUT2D eigenvalue weighted by atomic mass is 16.5. The van der Waals surface area contributed by atoms with Crippen molar-refractivity contribution in [2.75, 3.05) is 11.9 Å². The van der Waals surface area contributed by atoms with E-state index in [4.69, 9.17) is 4.74 Å². The van der Waals surface area contributed by atoms with Gasteiger partial charge in [0.2, 0.25) is 5.91 Å². The highest BCUT2D eigenvalue weighted by Crippen LogP contribution is 2.20. The van der Waals surface area contributed by atoms with Gasteiger partial charge in [-0.3, -0.25) is 4.79 Å². The number of nitrogens with one attached hydrogen (secondary N) is 1. The molecule has 104 valence electrons. The van der Waals surface area contributed by atoms with Crippen LogP contribution in [0.1, 0.15) is 44.5 Å². The van der Waals surface area contributed by atoms with Crippen molar-refractivity contribution < 1.29 is 14.3 Å². The minimum absolute atomic E-state index is 0.0616. The second kappa shape index (κ2) is 6.36. The smallest absolute Gasteiger partial charge is 0.338 e. The predicted octanol–water partition coefficient (Wildman–Crippen LogP) is 3.24. The first-order valence-corrected chi connectivity index (χ1v) is 6.39. The molecule has 0 saturated heterocycles. The molecule has 0 unspecified atom stereocenters. The number of carbonyl (C=O) groups is 2. The minimum atomic E-state index is -0.380. The SMILES string of the molecule is CCOC(=O)c1cccc(NC(=O)CC(C)(C)C)c1. The first-order valence-electron chi connectivity index (χ1n) is 6.39. The molecule has 0 aliphatic heterocycles. The van der Waals surface area contributed by atoms with Crippen LogP contribution in [-0.2, 0) is 9.53 Å². The molecule has 0 atom stereocenters. The third-order valence-corrected chi connectivity index (χ3v) is 2.35. The van der Waals surface area contributed by atoms with Crippen LogP contribution in [0.4, 0.5) is 5.69 Å². The highest BCUT2D eigenvalue weighted by Gasteiger charge is 2.16. The molecule has 1 rings (SSSR count). The van der Waals surface area contributed by atoms with Gasteiger partial charge in [-0.05, 0) is 30.5 Å². The second-order valence-electron chi connectivity index (χ2n) is 5.59. The van der Waals surface area contributed by atoms with E-state index in [1.165, 1.54) is 0 Å². The van der Waals surface area contributed by atoms with Gasteiger partial charge in [0.25, 0.3) is 0 Å². The molecule has 0 fully saturated rings. The zero-order valence-corrected chi connectivity index (χ0v) is 11.9. The number of amides is 1. The van der Waals surface area contributed by atoms with Gasteiger partial charge in [-0.2, -0.15) is 0 Å². The fraction of sp³-hybridized carbons (Fsp3) is 0.467. The fourth-order valence-corrected chi connectivity index (χ4v) is 1.63. The van der Waals surface area contributed by atoms with Crippen molar-refractivity contribution in [1.82, 2.24) is 0 Å². The van der Waals surface area contributed by atoms with Gasteiger partial charge in [0.1, 0.15) is 0 Å². The summed E-state index contributed by atoms with van der Waals surface area (Å²) in [6.45, 7) is 8.09. The van der Waals surface area contributed by atoms with Crippen LogP contribution < -0.4 is 5.32 Å². The Kier molecular flexibility index (Phi) is 5.10. The van der Waals surface area contributed by atoms with E-state index in [1.807, 2.05) is 20.8 Å². The molecule has 19 heavy (non-hydrogen) atoms. The van der Waals surface area contributed by atoms with Crippen LogP contribution in [0.5, 0.6) is 0 Å². The topological polar surface area (TPSA) is 55.4 Å². The number of ether oxygens (including phenoxy) is 1. The summed E-state index contributed by atoms with van der Waals surface area (Å²) < 4.78 is 4.92. The van der Waals surface area contributed by atoms with Crippen molar-refractivity contribution in [3.63, 3.8) is 0 Å². The summed E-state index contributed by atoms with van der Waals surface area (Å²) in [6, 6.07) is 6.76. The summed E-state index contributed by atoms with van der Waals surface area (Å²) in [4.78, 5) is 23.4. The molecule has 0 bridgehead atoms. The van der Waals surface area contributed by atoms with E-state index >= 15 is 0 Å². The van der Waals surface area contributed by atoms with Crippen molar-refractivity contribution in [2.45, 2.75) is 34.1 Å². The lowest BCUT2D eigenvalue weighted by molar-refractivity contribution is -0.117. The van der Waals surface area contributed by atoms with Crippen LogP contribution in [0.25, 0.3) is 0 Å². The normalized spacial score (nSPS) is 10.9. The number of hydrogen-bond acceptors (Lipinski definition) is 3. The van der Waals surface area contributed by atoms with Crippen LogP contribution in [0.2, 0.25) is 0 Å². The Hall–Kier alpha value is -1.84. The number of hydrogen-bond donors (Lipinski definition) is 1. The minimum Gasteiger partial charge on any atom is -0.462 e. The van der Waals surface area contributed by atoms with Gasteiger partial charge in [-0.15, -0.1) is 0 Å². The molecule has 1 N–H and O–H groups in total. The molecule has 0 radical (unpaired) electrons. The molecule has 1 amide bonds. The number of esters is 1. The molecule has 0 aliphatic carbocycles. The van der Waals surface area contributed by atoms with E-state index in [2.05, 4.69) is 5.32 Å². The largest absolute Gasteiger partial charge is 0.462 e. The lowest BCUT2D eigenvalue weighted by Crippen LogP contribution is -2.19. The van der Waals surface area contributed by atoms with Crippen LogP contribution in [-0.4, -0.2) is 18.5 Å². The maximum Gasteiger partial charge on any atom is 0.338 e. The van der Waals surface area contributed by atoms with E-state index in [1.54, 1.807) is 31.2 Å². The van der Waals surface area contributed by atoms with Crippen molar-refractivity contribution in [3.05, 3.63) is 29.8 Å². The highest BCUT2D eigenvalue weighted by molar-refractivity contribution is 5.94. The van der Waals surface area contributed by atoms with Crippen LogP contribution in [0, 0.1) is 5.41 Å². The van der Waals surface area contributed by atoms with Gasteiger partial charge in [0.15, 0.2) is 0 Å². The number of anilines is 1. The average Bonchev–Trinajstić information content (AvgIpc) is 2.27. The quantitative estimate of drug-likeness (QED) is 0.848. The molecule has 0 aliphatic rings. The van der Waals surface area contributed by atoms with Gasteiger partial charge in [-0.1, -0.05) is 26.8 Å². The Balaban J connectivity index is 2.72. The van der Waals surface area contributed by atoms with Crippen molar-refractivity contribution in [1.29, 1.82) is 0 Å². The standard InChI is InChI=1S/C15H21NO3/c1-5-19-14(18)11-7-6-8-12(9-11)16-13(17)10-15(2,3)4/h6-9H,5,10H2,1-4H3,(H,16,17). The Morgan fingerprint density at radius 3 is 2.53 bits per heavy atom. The van der Waals surface area contributed by atoms with E-state index < -0.39 is 0 Å². The zero-order chi connectivity index (χ0) is 14.5. The summed E-state index contributed by atoms with van der Waals surface area (Å²) in [5, 5.41) is 2.79. The maximum absolute atomic E-state index is 11.8. The Morgan fingerprint density at radius 1 is 1.26 bits per heavy atom. The summed E-state index contributed by atoms with van der Waals surface area (Å²) in [5.41, 5.74) is 0.984. The molecule has 0 saturated carbocycles. The van der Waals surface area contributed by atoms with Crippen LogP contribution in [0.15, 0.2) is 24.3 Å². The Bertz CT molecular complexity index is 461. The first-order chi connectivity index (χ1) is 8.81. The lowest BCUT2D eigenvalue weighted by Gasteiger charge is -2.17. The Morgan fingerprint density at radius 2 is 1.95 bits per heavy atom. The van der Waals surface area contributed by atoms with Gasteiger partial charge in [-0.25, -0.2) is 4.79 Å². The van der Waals surface area contributed by atoms with Crippen molar-refractivity contribution in [2.24, 2.45) is 5.41 Å². The monoisotopic (exact) mass is 263 g/mol. The molecule has 0 spiro atoms. The molecule has 4 nitrogen and oxygen atoms in total. The van der Waals surface area contributed by atoms with Crippen molar-refractivity contribution in [3.8, 4) is 0 Å². The van der Waals surface area contributed by atoms with E-state index in [-0.39, 0.29) is 17.3 Å². The third-order valence-electron chi connectivity index (χ3n) is 2.35. The molecule has 0 aromatic heterocycles. The summed E-state index contributed by atoms with van der Waals surface area (Å²) >= 11 is 0. The maximum atomic E-state index is 11.8. The van der Waals surface area contributed by atoms with E-state index in [0.29, 0.717) is 24.3 Å². The molecule has 1 aromatic rings. The van der Waals surface area contributed by atoms with Gasteiger partial charge >= 0.3 is 5.97 Å². The molecule has 4 heteroatoms. The van der Waals surface area contributed by atoms with Crippen molar-refractivity contribution >= 4 is 17.6 Å². The van der Waals surface area contributed by atoms with E-state index in [0.717, 1.165) is 0 Å². The number of carbonyl (C=O) groups excluding carboxylic acids is 2. The summed E-state index contributed by atoms with van der Waals surface area (Å²) in [5.74, 6) is -0.442. The summed E-state index contributed by atoms with van der Waals surface area (Å²) in [7, 11) is 0. The van der Waals surface area contributed by atoms with E-state index in [9.17, 15) is 9.59 Å². The number of benzene rings is 1. The third kappa shape index (κ3) is 5.55. The molecule has 0 heterocycles. The predicted molar refractivity (Wildman–Crippen MR) is 75.1 cm³/mol. The van der Waals surface area contributed by atoms with Gasteiger partial charge < -0.3 is 10.1 Å². The Labute approximate surface area is 114 Å². The van der Waals surface area contributed by atoms with Gasteiger partial charge in [0, 0.05) is 12.1 Å². The molecular formula is C15H21NO3. The zero-order valence-electron chi connectivity index (χ0n) is 11.9. The number of rotatable bonds is 4. The molecular weight excluding hydrogens is 242 g/mol. The van der Waals surface area contributed by atoms with Gasteiger partial charge in [0.05, 0.1) is 12.2 Å². The molecule has 1 aromatic carbocycles. The second-order valence-corrected chi connectivity index (χ2v) is 5.59. The fourth-order valence-electron chi connectivity index (χ4n) is 1.63. The first kappa shape index (κ1) is 15.2. The summed E-state index contributed by atoms with van der Waals surface area (Å²) in [6.07, 6.45) is 0.427. The van der Waals surface area contributed by atoms with Crippen LogP contribution in [0.3, 0.4) is 0 Å².